The molecule has 3 nitrogen and oxygen atoms in total. The topological polar surface area (TPSA) is 27.7 Å². The minimum absolute atomic E-state index is 0.108. The molecule has 0 amide bonds. The van der Waals surface area contributed by atoms with E-state index in [-0.39, 0.29) is 5.41 Å². The third-order valence-corrected chi connectivity index (χ3v) is 3.91. The Bertz CT molecular complexity index is 281. The van der Waals surface area contributed by atoms with Crippen molar-refractivity contribution in [2.75, 3.05) is 19.8 Å². The zero-order valence-electron chi connectivity index (χ0n) is 11.4. The Labute approximate surface area is 110 Å². The van der Waals surface area contributed by atoms with Crippen LogP contribution in [0.1, 0.15) is 51.9 Å². The molecule has 3 fully saturated rings. The first-order valence-electron chi connectivity index (χ1n) is 7.10. The van der Waals surface area contributed by atoms with Gasteiger partial charge in [-0.25, -0.2) is 0 Å². The van der Waals surface area contributed by atoms with Crippen molar-refractivity contribution in [3.8, 4) is 12.3 Å². The maximum atomic E-state index is 5.85. The molecular weight excluding hydrogens is 228 g/mol. The van der Waals surface area contributed by atoms with E-state index in [4.69, 9.17) is 20.6 Å². The van der Waals surface area contributed by atoms with E-state index in [0.717, 1.165) is 51.9 Å². The second-order valence-electron chi connectivity index (χ2n) is 5.56. The van der Waals surface area contributed by atoms with Gasteiger partial charge >= 0.3 is 0 Å². The Morgan fingerprint density at radius 2 is 1.67 bits per heavy atom. The van der Waals surface area contributed by atoms with Crippen LogP contribution in [0.4, 0.5) is 0 Å². The van der Waals surface area contributed by atoms with Crippen molar-refractivity contribution in [1.82, 2.24) is 0 Å². The lowest BCUT2D eigenvalue weighted by molar-refractivity contribution is -0.470. The monoisotopic (exact) mass is 252 g/mol. The van der Waals surface area contributed by atoms with Crippen molar-refractivity contribution in [3.05, 3.63) is 0 Å². The SMILES string of the molecule is C#CCCCCC12OCC(CCCC)(CO1)CO2. The molecule has 0 unspecified atom stereocenters. The standard InChI is InChI=1S/C15H24O3/c1-3-5-7-8-10-15-16-11-14(12-17-15,13-18-15)9-6-4-2/h1H,4-13H2,2H3. The molecule has 102 valence electrons. The van der Waals surface area contributed by atoms with E-state index in [1.54, 1.807) is 0 Å². The highest BCUT2D eigenvalue weighted by Crippen LogP contribution is 2.43. The molecule has 0 aromatic heterocycles. The first kappa shape index (κ1) is 13.9. The van der Waals surface area contributed by atoms with Crippen molar-refractivity contribution in [1.29, 1.82) is 0 Å². The number of unbranched alkanes of at least 4 members (excludes halogenated alkanes) is 3. The van der Waals surface area contributed by atoms with Crippen LogP contribution < -0.4 is 0 Å². The van der Waals surface area contributed by atoms with Gasteiger partial charge in [0.15, 0.2) is 0 Å². The summed E-state index contributed by atoms with van der Waals surface area (Å²) in [4.78, 5) is 0. The molecule has 0 atom stereocenters. The second kappa shape index (κ2) is 6.06. The molecule has 0 N–H and O–H groups in total. The zero-order valence-corrected chi connectivity index (χ0v) is 11.4. The Kier molecular flexibility index (Phi) is 4.66. The maximum absolute atomic E-state index is 5.85. The lowest BCUT2D eigenvalue weighted by atomic mass is 9.83. The first-order chi connectivity index (χ1) is 8.74. The Morgan fingerprint density at radius 1 is 1.00 bits per heavy atom. The molecule has 0 aromatic rings. The molecular formula is C15H24O3. The van der Waals surface area contributed by atoms with Gasteiger partial charge in [-0.2, -0.15) is 0 Å². The predicted molar refractivity (Wildman–Crippen MR) is 69.8 cm³/mol. The number of rotatable bonds is 7. The summed E-state index contributed by atoms with van der Waals surface area (Å²) in [7, 11) is 0. The smallest absolute Gasteiger partial charge is 0.282 e. The third kappa shape index (κ3) is 3.06. The summed E-state index contributed by atoms with van der Waals surface area (Å²) in [5, 5.41) is 0. The zero-order chi connectivity index (χ0) is 12.9. The highest BCUT2D eigenvalue weighted by Gasteiger charge is 2.51. The predicted octanol–water partition coefficient (Wildman–Crippen LogP) is 3.09. The van der Waals surface area contributed by atoms with Gasteiger partial charge < -0.3 is 14.2 Å². The van der Waals surface area contributed by atoms with Gasteiger partial charge in [-0.3, -0.25) is 0 Å². The van der Waals surface area contributed by atoms with Gasteiger partial charge in [0, 0.05) is 18.3 Å². The molecule has 3 aliphatic heterocycles. The highest BCUT2D eigenvalue weighted by atomic mass is 16.9. The molecule has 3 rings (SSSR count). The van der Waals surface area contributed by atoms with Crippen LogP contribution in [0.5, 0.6) is 0 Å². The summed E-state index contributed by atoms with van der Waals surface area (Å²) in [5.74, 6) is 1.89. The molecule has 0 aliphatic carbocycles. The summed E-state index contributed by atoms with van der Waals surface area (Å²) >= 11 is 0. The second-order valence-corrected chi connectivity index (χ2v) is 5.56. The van der Waals surface area contributed by atoms with E-state index in [2.05, 4.69) is 12.8 Å². The fourth-order valence-electron chi connectivity index (χ4n) is 2.59. The number of hydrogen-bond acceptors (Lipinski definition) is 3. The van der Waals surface area contributed by atoms with E-state index < -0.39 is 5.97 Å². The largest absolute Gasteiger partial charge is 0.327 e. The minimum Gasteiger partial charge on any atom is -0.327 e. The fraction of sp³-hybridized carbons (Fsp3) is 0.867. The van der Waals surface area contributed by atoms with Gasteiger partial charge in [0.1, 0.15) is 0 Å². The van der Waals surface area contributed by atoms with Crippen molar-refractivity contribution >= 4 is 0 Å². The number of hydrogen-bond donors (Lipinski definition) is 0. The van der Waals surface area contributed by atoms with Crippen LogP contribution in [0.3, 0.4) is 0 Å². The van der Waals surface area contributed by atoms with Crippen LogP contribution in [0, 0.1) is 17.8 Å². The lowest BCUT2D eigenvalue weighted by Crippen LogP contribution is -2.59. The molecule has 0 aromatic carbocycles. The highest BCUT2D eigenvalue weighted by molar-refractivity contribution is 4.88. The average Bonchev–Trinajstić information content (AvgIpc) is 2.44. The molecule has 3 saturated heterocycles. The number of ether oxygens (including phenoxy) is 3. The van der Waals surface area contributed by atoms with Gasteiger partial charge in [-0.1, -0.05) is 19.8 Å². The van der Waals surface area contributed by atoms with Crippen LogP contribution in [0.2, 0.25) is 0 Å². The van der Waals surface area contributed by atoms with Crippen molar-refractivity contribution in [3.63, 3.8) is 0 Å². The van der Waals surface area contributed by atoms with E-state index in [1.165, 1.54) is 12.8 Å². The minimum atomic E-state index is -0.761. The summed E-state index contributed by atoms with van der Waals surface area (Å²) in [5.41, 5.74) is 0.108. The first-order valence-corrected chi connectivity index (χ1v) is 7.10. The molecule has 0 saturated carbocycles. The van der Waals surface area contributed by atoms with Crippen LogP contribution >= 0.6 is 0 Å². The number of terminal acetylenes is 1. The van der Waals surface area contributed by atoms with Crippen LogP contribution in [-0.2, 0) is 14.2 Å². The Hall–Kier alpha value is -0.560. The van der Waals surface area contributed by atoms with E-state index in [1.807, 2.05) is 0 Å². The quantitative estimate of drug-likeness (QED) is 0.515. The Balaban J connectivity index is 1.78. The molecule has 2 bridgehead atoms. The van der Waals surface area contributed by atoms with Crippen molar-refractivity contribution < 1.29 is 14.2 Å². The fourth-order valence-corrected chi connectivity index (χ4v) is 2.59. The Morgan fingerprint density at radius 3 is 2.22 bits per heavy atom. The average molecular weight is 252 g/mol. The third-order valence-electron chi connectivity index (χ3n) is 3.91. The van der Waals surface area contributed by atoms with Gasteiger partial charge in [-0.05, 0) is 19.3 Å². The van der Waals surface area contributed by atoms with Crippen molar-refractivity contribution in [2.45, 2.75) is 57.8 Å². The van der Waals surface area contributed by atoms with E-state index >= 15 is 0 Å². The van der Waals surface area contributed by atoms with E-state index in [0.29, 0.717) is 0 Å². The molecule has 3 heteroatoms. The summed E-state index contributed by atoms with van der Waals surface area (Å²) in [6, 6.07) is 0. The van der Waals surface area contributed by atoms with Crippen LogP contribution in [0.25, 0.3) is 0 Å². The van der Waals surface area contributed by atoms with Crippen molar-refractivity contribution in [2.24, 2.45) is 5.41 Å². The normalized spacial score (nSPS) is 34.4. The van der Waals surface area contributed by atoms with Gasteiger partial charge in [0.2, 0.25) is 0 Å². The summed E-state index contributed by atoms with van der Waals surface area (Å²) in [6.07, 6.45) is 12.4. The summed E-state index contributed by atoms with van der Waals surface area (Å²) < 4.78 is 17.5. The molecule has 0 spiro atoms. The van der Waals surface area contributed by atoms with Gasteiger partial charge in [0.05, 0.1) is 19.8 Å². The van der Waals surface area contributed by atoms with Gasteiger partial charge in [-0.15, -0.1) is 12.3 Å². The summed E-state index contributed by atoms with van der Waals surface area (Å²) in [6.45, 7) is 4.55. The maximum Gasteiger partial charge on any atom is 0.282 e. The van der Waals surface area contributed by atoms with E-state index in [9.17, 15) is 0 Å². The molecule has 3 heterocycles. The lowest BCUT2D eigenvalue weighted by Gasteiger charge is -2.52. The van der Waals surface area contributed by atoms with Gasteiger partial charge in [0.25, 0.3) is 5.97 Å². The molecule has 3 aliphatic rings. The molecule has 18 heavy (non-hydrogen) atoms. The van der Waals surface area contributed by atoms with Crippen LogP contribution in [0.15, 0.2) is 0 Å². The van der Waals surface area contributed by atoms with Crippen LogP contribution in [-0.4, -0.2) is 25.8 Å². The number of fused-ring (bicyclic) bond motifs is 3. The molecule has 0 radical (unpaired) electrons.